The number of ether oxygens (including phenoxy) is 1. The van der Waals surface area contributed by atoms with Crippen LogP contribution in [0.15, 0.2) is 22.7 Å². The fourth-order valence-corrected chi connectivity index (χ4v) is 1.67. The zero-order valence-corrected chi connectivity index (χ0v) is 11.6. The van der Waals surface area contributed by atoms with Gasteiger partial charge in [-0.25, -0.2) is 0 Å². The van der Waals surface area contributed by atoms with Gasteiger partial charge in [0, 0.05) is 11.8 Å². The van der Waals surface area contributed by atoms with Gasteiger partial charge in [0.25, 0.3) is 5.69 Å². The number of carbonyl (C=O) groups excluding carboxylic acids is 2. The van der Waals surface area contributed by atoms with Crippen LogP contribution in [-0.2, 0) is 14.3 Å². The molecule has 19 heavy (non-hydrogen) atoms. The molecule has 1 aromatic rings. The first-order chi connectivity index (χ1) is 8.93. The van der Waals surface area contributed by atoms with E-state index in [9.17, 15) is 19.7 Å². The second-order valence-corrected chi connectivity index (χ2v) is 4.31. The molecule has 0 unspecified atom stereocenters. The van der Waals surface area contributed by atoms with Crippen LogP contribution in [0.1, 0.15) is 13.3 Å². The molecule has 0 aliphatic carbocycles. The van der Waals surface area contributed by atoms with E-state index in [1.165, 1.54) is 18.2 Å². The Balaban J connectivity index is 2.72. The van der Waals surface area contributed by atoms with Gasteiger partial charge in [0.2, 0.25) is 5.91 Å². The molecule has 1 aromatic carbocycles. The summed E-state index contributed by atoms with van der Waals surface area (Å²) in [6.45, 7) is 1.82. The second kappa shape index (κ2) is 6.83. The van der Waals surface area contributed by atoms with Crippen LogP contribution in [0.2, 0.25) is 0 Å². The number of nitrogens with one attached hydrogen (secondary N) is 1. The molecule has 0 radical (unpaired) electrons. The Morgan fingerprint density at radius 2 is 2.16 bits per heavy atom. The minimum atomic E-state index is -0.647. The maximum absolute atomic E-state index is 11.5. The summed E-state index contributed by atoms with van der Waals surface area (Å²) in [4.78, 5) is 32.7. The lowest BCUT2D eigenvalue weighted by Gasteiger charge is -2.05. The lowest BCUT2D eigenvalue weighted by molar-refractivity contribution is -0.385. The van der Waals surface area contributed by atoms with Crippen molar-refractivity contribution in [1.82, 2.24) is 0 Å². The number of nitro benzene ring substituents is 1. The van der Waals surface area contributed by atoms with Crippen molar-refractivity contribution in [3.63, 3.8) is 0 Å². The molecule has 0 spiro atoms. The Hall–Kier alpha value is -1.96. The van der Waals surface area contributed by atoms with Crippen molar-refractivity contribution in [3.8, 4) is 0 Å². The van der Waals surface area contributed by atoms with E-state index in [1.807, 2.05) is 0 Å². The zero-order chi connectivity index (χ0) is 14.4. The molecule has 0 heterocycles. The maximum atomic E-state index is 11.5. The Labute approximate surface area is 117 Å². The molecule has 1 amide bonds. The molecule has 0 aliphatic heterocycles. The van der Waals surface area contributed by atoms with Gasteiger partial charge in [0.05, 0.1) is 16.0 Å². The number of halogens is 1. The average molecular weight is 331 g/mol. The number of amides is 1. The van der Waals surface area contributed by atoms with Crippen molar-refractivity contribution in [2.75, 3.05) is 11.9 Å². The molecule has 1 rings (SSSR count). The lowest BCUT2D eigenvalue weighted by atomic mass is 10.2. The topological polar surface area (TPSA) is 98.5 Å². The first-order valence-corrected chi connectivity index (χ1v) is 6.12. The highest BCUT2D eigenvalue weighted by Gasteiger charge is 2.15. The van der Waals surface area contributed by atoms with Gasteiger partial charge in [-0.05, 0) is 35.0 Å². The van der Waals surface area contributed by atoms with Crippen molar-refractivity contribution < 1.29 is 19.2 Å². The molecule has 102 valence electrons. The third-order valence-electron chi connectivity index (χ3n) is 2.04. The number of anilines is 1. The third kappa shape index (κ3) is 4.66. The smallest absolute Gasteiger partial charge is 0.315 e. The monoisotopic (exact) mass is 330 g/mol. The van der Waals surface area contributed by atoms with Gasteiger partial charge in [-0.3, -0.25) is 19.7 Å². The van der Waals surface area contributed by atoms with Gasteiger partial charge in [0.15, 0.2) is 0 Å². The molecule has 1 N–H and O–H groups in total. The third-order valence-corrected chi connectivity index (χ3v) is 2.71. The van der Waals surface area contributed by atoms with Crippen molar-refractivity contribution in [2.45, 2.75) is 13.3 Å². The molecule has 8 heteroatoms. The zero-order valence-electron chi connectivity index (χ0n) is 10.0. The number of hydrogen-bond donors (Lipinski definition) is 1. The molecule has 0 aliphatic rings. The van der Waals surface area contributed by atoms with E-state index in [2.05, 4.69) is 26.0 Å². The highest BCUT2D eigenvalue weighted by Crippen LogP contribution is 2.27. The summed E-state index contributed by atoms with van der Waals surface area (Å²) in [6.07, 6.45) is -0.433. The minimum absolute atomic E-state index is 0.172. The summed E-state index contributed by atoms with van der Waals surface area (Å²) < 4.78 is 4.92. The fourth-order valence-electron chi connectivity index (χ4n) is 1.28. The molecule has 0 bridgehead atoms. The van der Waals surface area contributed by atoms with Crippen LogP contribution in [0, 0.1) is 10.1 Å². The number of esters is 1. The fraction of sp³-hybridized carbons (Fsp3) is 0.273. The summed E-state index contributed by atoms with van der Waals surface area (Å²) in [5, 5.41) is 13.1. The van der Waals surface area contributed by atoms with Crippen LogP contribution in [0.4, 0.5) is 11.4 Å². The summed E-state index contributed by atoms with van der Waals surface area (Å²) in [5.74, 6) is -1.23. The summed E-state index contributed by atoms with van der Waals surface area (Å²) in [7, 11) is 0. The Bertz CT molecular complexity index is 518. The van der Waals surface area contributed by atoms with Crippen LogP contribution in [0.3, 0.4) is 0 Å². The minimum Gasteiger partial charge on any atom is -0.466 e. The number of hydrogen-bond acceptors (Lipinski definition) is 5. The summed E-state index contributed by atoms with van der Waals surface area (Å²) in [6, 6.07) is 4.13. The lowest BCUT2D eigenvalue weighted by Crippen LogP contribution is -2.18. The molecule has 0 atom stereocenters. The summed E-state index contributed by atoms with van der Waals surface area (Å²) >= 11 is 3.03. The largest absolute Gasteiger partial charge is 0.466 e. The Kier molecular flexibility index (Phi) is 5.43. The van der Waals surface area contributed by atoms with Crippen LogP contribution >= 0.6 is 15.9 Å². The van der Waals surface area contributed by atoms with E-state index < -0.39 is 23.2 Å². The van der Waals surface area contributed by atoms with Crippen LogP contribution < -0.4 is 5.32 Å². The normalized spacial score (nSPS) is 9.79. The maximum Gasteiger partial charge on any atom is 0.315 e. The van der Waals surface area contributed by atoms with E-state index >= 15 is 0 Å². The van der Waals surface area contributed by atoms with Crippen LogP contribution in [0.5, 0.6) is 0 Å². The molecule has 7 nitrogen and oxygen atoms in total. The molecule has 0 fully saturated rings. The predicted molar refractivity (Wildman–Crippen MR) is 70.7 cm³/mol. The second-order valence-electron chi connectivity index (χ2n) is 3.45. The van der Waals surface area contributed by atoms with E-state index in [0.717, 1.165) is 0 Å². The molecule has 0 saturated heterocycles. The number of nitro groups is 1. The van der Waals surface area contributed by atoms with Gasteiger partial charge in [-0.1, -0.05) is 0 Å². The number of carbonyl (C=O) groups is 2. The van der Waals surface area contributed by atoms with Crippen molar-refractivity contribution in [1.29, 1.82) is 0 Å². The Morgan fingerprint density at radius 1 is 1.47 bits per heavy atom. The van der Waals surface area contributed by atoms with Crippen molar-refractivity contribution >= 4 is 39.2 Å². The number of nitrogens with zero attached hydrogens (tertiary/aromatic N) is 1. The van der Waals surface area contributed by atoms with Gasteiger partial charge in [-0.2, -0.15) is 0 Å². The van der Waals surface area contributed by atoms with E-state index in [-0.39, 0.29) is 18.0 Å². The first kappa shape index (κ1) is 15.1. The number of benzene rings is 1. The molecule has 0 aromatic heterocycles. The van der Waals surface area contributed by atoms with Gasteiger partial charge in [0.1, 0.15) is 6.42 Å². The average Bonchev–Trinajstić information content (AvgIpc) is 2.31. The first-order valence-electron chi connectivity index (χ1n) is 5.33. The SMILES string of the molecule is CCOC(=O)CC(=O)Nc1ccc(Br)c([N+](=O)[O-])c1. The number of rotatable bonds is 5. The van der Waals surface area contributed by atoms with Crippen molar-refractivity contribution in [3.05, 3.63) is 32.8 Å². The summed E-state index contributed by atoms with van der Waals surface area (Å²) in [5.41, 5.74) is 0.0677. The molecular formula is C11H11BrN2O5. The molecule has 0 saturated carbocycles. The molecular weight excluding hydrogens is 320 g/mol. The van der Waals surface area contributed by atoms with Gasteiger partial charge in [-0.15, -0.1) is 0 Å². The van der Waals surface area contributed by atoms with E-state index in [0.29, 0.717) is 4.47 Å². The van der Waals surface area contributed by atoms with E-state index in [1.54, 1.807) is 6.92 Å². The van der Waals surface area contributed by atoms with Crippen LogP contribution in [0.25, 0.3) is 0 Å². The quantitative estimate of drug-likeness (QED) is 0.386. The highest BCUT2D eigenvalue weighted by atomic mass is 79.9. The van der Waals surface area contributed by atoms with Crippen molar-refractivity contribution in [2.24, 2.45) is 0 Å². The van der Waals surface area contributed by atoms with Gasteiger partial charge < -0.3 is 10.1 Å². The van der Waals surface area contributed by atoms with Gasteiger partial charge >= 0.3 is 5.97 Å². The van der Waals surface area contributed by atoms with Crippen LogP contribution in [-0.4, -0.2) is 23.4 Å². The highest BCUT2D eigenvalue weighted by molar-refractivity contribution is 9.10. The predicted octanol–water partition coefficient (Wildman–Crippen LogP) is 2.25. The Morgan fingerprint density at radius 3 is 2.74 bits per heavy atom. The van der Waals surface area contributed by atoms with E-state index in [4.69, 9.17) is 0 Å². The standard InChI is InChI=1S/C11H11BrN2O5/c1-2-19-11(16)6-10(15)13-7-3-4-8(12)9(5-7)14(17)18/h3-5H,2,6H2,1H3,(H,13,15).